The summed E-state index contributed by atoms with van der Waals surface area (Å²) >= 11 is 6.33. The third-order valence-corrected chi connectivity index (χ3v) is 5.20. The van der Waals surface area contributed by atoms with Crippen molar-refractivity contribution < 1.29 is 4.79 Å². The van der Waals surface area contributed by atoms with E-state index in [4.69, 9.17) is 11.6 Å². The molecule has 5 nitrogen and oxygen atoms in total. The summed E-state index contributed by atoms with van der Waals surface area (Å²) in [6, 6.07) is 7.68. The van der Waals surface area contributed by atoms with Gasteiger partial charge in [0.05, 0.1) is 18.3 Å². The Labute approximate surface area is 147 Å². The van der Waals surface area contributed by atoms with Gasteiger partial charge in [-0.05, 0) is 38.3 Å². The minimum atomic E-state index is -0.0845. The minimum absolute atomic E-state index is 0.0425. The van der Waals surface area contributed by atoms with Crippen LogP contribution in [0.2, 0.25) is 5.02 Å². The van der Waals surface area contributed by atoms with Gasteiger partial charge in [-0.15, -0.1) is 0 Å². The second-order valence-electron chi connectivity index (χ2n) is 6.35. The molecule has 24 heavy (non-hydrogen) atoms. The number of hydrogen-bond donors (Lipinski definition) is 1. The molecule has 1 aliphatic rings. The molecule has 128 valence electrons. The van der Waals surface area contributed by atoms with Gasteiger partial charge < -0.3 is 10.2 Å². The number of carbonyl (C=O) groups is 1. The maximum Gasteiger partial charge on any atom is 0.318 e. The van der Waals surface area contributed by atoms with E-state index in [1.165, 1.54) is 0 Å². The van der Waals surface area contributed by atoms with Crippen LogP contribution in [0.5, 0.6) is 0 Å². The van der Waals surface area contributed by atoms with Gasteiger partial charge >= 0.3 is 6.03 Å². The largest absolute Gasteiger partial charge is 0.331 e. The van der Waals surface area contributed by atoms with Gasteiger partial charge in [0.25, 0.3) is 0 Å². The molecule has 1 aromatic heterocycles. The lowest BCUT2D eigenvalue weighted by molar-refractivity contribution is 0.189. The normalized spacial score (nSPS) is 18.7. The number of nitrogens with one attached hydrogen (secondary N) is 1. The molecule has 3 rings (SSSR count). The van der Waals surface area contributed by atoms with Crippen molar-refractivity contribution in [2.24, 2.45) is 7.05 Å². The number of hydrogen-bond acceptors (Lipinski definition) is 2. The molecule has 1 aromatic carbocycles. The van der Waals surface area contributed by atoms with Crippen molar-refractivity contribution in [3.05, 3.63) is 52.3 Å². The van der Waals surface area contributed by atoms with Gasteiger partial charge in [0.2, 0.25) is 0 Å². The Morgan fingerprint density at radius 2 is 2.17 bits per heavy atom. The van der Waals surface area contributed by atoms with Crippen LogP contribution in [0.3, 0.4) is 0 Å². The molecule has 2 aromatic rings. The van der Waals surface area contributed by atoms with Crippen LogP contribution >= 0.6 is 11.6 Å². The number of rotatable bonds is 3. The lowest BCUT2D eigenvalue weighted by atomic mass is 10.0. The van der Waals surface area contributed by atoms with E-state index in [1.54, 1.807) is 0 Å². The maximum absolute atomic E-state index is 12.8. The van der Waals surface area contributed by atoms with Crippen molar-refractivity contribution in [1.29, 1.82) is 0 Å². The Bertz CT molecular complexity index is 742. The van der Waals surface area contributed by atoms with Crippen molar-refractivity contribution in [2.45, 2.75) is 38.8 Å². The lowest BCUT2D eigenvalue weighted by Crippen LogP contribution is -2.40. The minimum Gasteiger partial charge on any atom is -0.331 e. The van der Waals surface area contributed by atoms with Crippen molar-refractivity contribution in [3.8, 4) is 0 Å². The molecule has 1 aliphatic heterocycles. The fraction of sp³-hybridized carbons (Fsp3) is 0.444. The van der Waals surface area contributed by atoms with E-state index in [-0.39, 0.29) is 18.1 Å². The van der Waals surface area contributed by atoms with E-state index in [0.29, 0.717) is 0 Å². The number of aryl methyl sites for hydroxylation is 1. The first-order valence-corrected chi connectivity index (χ1v) is 8.67. The Balaban J connectivity index is 1.74. The van der Waals surface area contributed by atoms with Gasteiger partial charge in [-0.25, -0.2) is 4.79 Å². The van der Waals surface area contributed by atoms with Gasteiger partial charge in [0, 0.05) is 29.9 Å². The highest BCUT2D eigenvalue weighted by molar-refractivity contribution is 6.31. The average molecular weight is 347 g/mol. The number of halogens is 1. The quantitative estimate of drug-likeness (QED) is 0.913. The van der Waals surface area contributed by atoms with Gasteiger partial charge in [-0.1, -0.05) is 29.8 Å². The summed E-state index contributed by atoms with van der Waals surface area (Å²) < 4.78 is 1.82. The van der Waals surface area contributed by atoms with Crippen LogP contribution in [0.4, 0.5) is 4.79 Å². The summed E-state index contributed by atoms with van der Waals surface area (Å²) in [5.74, 6) is 0. The van der Waals surface area contributed by atoms with Crippen molar-refractivity contribution in [3.63, 3.8) is 0 Å². The van der Waals surface area contributed by atoms with Crippen LogP contribution < -0.4 is 5.32 Å². The van der Waals surface area contributed by atoms with E-state index in [1.807, 2.05) is 60.9 Å². The summed E-state index contributed by atoms with van der Waals surface area (Å²) in [5.41, 5.74) is 3.13. The van der Waals surface area contributed by atoms with Crippen molar-refractivity contribution in [1.82, 2.24) is 20.0 Å². The van der Waals surface area contributed by atoms with E-state index in [9.17, 15) is 4.79 Å². The molecule has 0 saturated carbocycles. The number of benzene rings is 1. The second kappa shape index (κ2) is 6.85. The fourth-order valence-electron chi connectivity index (χ4n) is 3.37. The van der Waals surface area contributed by atoms with Crippen molar-refractivity contribution in [2.75, 3.05) is 6.54 Å². The van der Waals surface area contributed by atoms with Gasteiger partial charge in [0.15, 0.2) is 0 Å². The molecule has 2 heterocycles. The molecule has 2 amide bonds. The molecule has 0 radical (unpaired) electrons. The van der Waals surface area contributed by atoms with Gasteiger partial charge in [0.1, 0.15) is 0 Å². The number of carbonyl (C=O) groups excluding carboxylic acids is 1. The van der Waals surface area contributed by atoms with Crippen LogP contribution in [-0.4, -0.2) is 27.3 Å². The first kappa shape index (κ1) is 16.8. The number of urea groups is 1. The van der Waals surface area contributed by atoms with Crippen LogP contribution in [0, 0.1) is 6.92 Å². The average Bonchev–Trinajstić information content (AvgIpc) is 3.16. The third kappa shape index (κ3) is 3.13. The molecular weight excluding hydrogens is 324 g/mol. The third-order valence-electron chi connectivity index (χ3n) is 4.86. The number of amides is 2. The predicted molar refractivity (Wildman–Crippen MR) is 95.0 cm³/mol. The molecule has 1 N–H and O–H groups in total. The first-order valence-electron chi connectivity index (χ1n) is 8.29. The Morgan fingerprint density at radius 3 is 2.83 bits per heavy atom. The Kier molecular flexibility index (Phi) is 4.81. The Morgan fingerprint density at radius 1 is 1.42 bits per heavy atom. The van der Waals surface area contributed by atoms with Crippen LogP contribution in [0.25, 0.3) is 0 Å². The van der Waals surface area contributed by atoms with Gasteiger partial charge in [-0.3, -0.25) is 4.68 Å². The second-order valence-corrected chi connectivity index (χ2v) is 6.76. The van der Waals surface area contributed by atoms with Crippen LogP contribution in [0.15, 0.2) is 30.5 Å². The summed E-state index contributed by atoms with van der Waals surface area (Å²) in [7, 11) is 1.90. The SMILES string of the molecule is Cc1c(C(C)NC(=O)N2CCCC2c2ccccc2Cl)cnn1C. The van der Waals surface area contributed by atoms with Gasteiger partial charge in [-0.2, -0.15) is 5.10 Å². The highest BCUT2D eigenvalue weighted by Crippen LogP contribution is 2.35. The molecule has 0 aliphatic carbocycles. The highest BCUT2D eigenvalue weighted by Gasteiger charge is 2.32. The molecule has 1 saturated heterocycles. The first-order chi connectivity index (χ1) is 11.5. The molecular formula is C18H23ClN4O. The molecule has 6 heteroatoms. The molecule has 0 bridgehead atoms. The Hall–Kier alpha value is -2.01. The van der Waals surface area contributed by atoms with Crippen molar-refractivity contribution >= 4 is 17.6 Å². The fourth-order valence-corrected chi connectivity index (χ4v) is 3.63. The lowest BCUT2D eigenvalue weighted by Gasteiger charge is -2.27. The van der Waals surface area contributed by atoms with Crippen LogP contribution in [0.1, 0.15) is 48.7 Å². The summed E-state index contributed by atoms with van der Waals surface area (Å²) in [6.07, 6.45) is 3.75. The number of nitrogens with zero attached hydrogens (tertiary/aromatic N) is 3. The van der Waals surface area contributed by atoms with Crippen LogP contribution in [-0.2, 0) is 7.05 Å². The molecule has 2 atom stereocenters. The van der Waals surface area contributed by atoms with E-state index >= 15 is 0 Å². The molecule has 0 spiro atoms. The zero-order chi connectivity index (χ0) is 17.3. The molecule has 1 fully saturated rings. The maximum atomic E-state index is 12.8. The predicted octanol–water partition coefficient (Wildman–Crippen LogP) is 3.99. The highest BCUT2D eigenvalue weighted by atomic mass is 35.5. The summed E-state index contributed by atoms with van der Waals surface area (Å²) in [6.45, 7) is 4.75. The zero-order valence-corrected chi connectivity index (χ0v) is 15.0. The monoisotopic (exact) mass is 346 g/mol. The van der Waals surface area contributed by atoms with E-state index in [2.05, 4.69) is 10.4 Å². The number of likely N-dealkylation sites (tertiary alicyclic amines) is 1. The summed E-state index contributed by atoms with van der Waals surface area (Å²) in [4.78, 5) is 14.7. The molecule has 2 unspecified atom stereocenters. The smallest absolute Gasteiger partial charge is 0.318 e. The number of aromatic nitrogens is 2. The zero-order valence-electron chi connectivity index (χ0n) is 14.3. The topological polar surface area (TPSA) is 50.2 Å². The van der Waals surface area contributed by atoms with E-state index in [0.717, 1.165) is 41.2 Å². The summed E-state index contributed by atoms with van der Waals surface area (Å²) in [5, 5.41) is 8.07. The van der Waals surface area contributed by atoms with E-state index < -0.39 is 0 Å². The standard InChI is InChI=1S/C18H23ClN4O/c1-12(15-11-20-22(3)13(15)2)21-18(24)23-10-6-9-17(23)14-7-4-5-8-16(14)19/h4-5,7-8,11-12,17H,6,9-10H2,1-3H3,(H,21,24).